The van der Waals surface area contributed by atoms with Crippen LogP contribution in [0.1, 0.15) is 30.7 Å². The number of rotatable bonds is 8. The van der Waals surface area contributed by atoms with E-state index < -0.39 is 0 Å². The molecular formula is C19H26N4O. The van der Waals surface area contributed by atoms with Gasteiger partial charge < -0.3 is 4.90 Å². The summed E-state index contributed by atoms with van der Waals surface area (Å²) in [6, 6.07) is 12.2. The predicted octanol–water partition coefficient (Wildman–Crippen LogP) is 2.25. The number of anilines is 1. The second kappa shape index (κ2) is 9.03. The molecule has 0 aliphatic rings. The van der Waals surface area contributed by atoms with E-state index in [0.717, 1.165) is 37.2 Å². The zero-order chi connectivity index (χ0) is 17.4. The average Bonchev–Trinajstić information content (AvgIpc) is 2.63. The van der Waals surface area contributed by atoms with Crippen LogP contribution in [-0.2, 0) is 24.1 Å². The van der Waals surface area contributed by atoms with Crippen molar-refractivity contribution in [3.8, 4) is 0 Å². The number of nitrogens with zero attached hydrogens (tertiary/aromatic N) is 2. The molecular weight excluding hydrogens is 300 g/mol. The van der Waals surface area contributed by atoms with Gasteiger partial charge in [-0.05, 0) is 49.9 Å². The Labute approximate surface area is 143 Å². The van der Waals surface area contributed by atoms with Gasteiger partial charge in [0.25, 0.3) is 0 Å². The minimum absolute atomic E-state index is 0.180. The fourth-order valence-corrected chi connectivity index (χ4v) is 2.80. The third-order valence-electron chi connectivity index (χ3n) is 4.17. The van der Waals surface area contributed by atoms with E-state index in [-0.39, 0.29) is 5.91 Å². The Morgan fingerprint density at radius 2 is 1.75 bits per heavy atom. The molecule has 0 saturated carbocycles. The van der Waals surface area contributed by atoms with Crippen molar-refractivity contribution in [1.29, 1.82) is 0 Å². The highest BCUT2D eigenvalue weighted by Crippen LogP contribution is 2.20. The van der Waals surface area contributed by atoms with Crippen LogP contribution < -0.4 is 16.2 Å². The molecule has 1 aromatic carbocycles. The summed E-state index contributed by atoms with van der Waals surface area (Å²) < 4.78 is 0. The van der Waals surface area contributed by atoms with Gasteiger partial charge in [0.2, 0.25) is 5.91 Å². The normalized spacial score (nSPS) is 10.5. The molecule has 1 aromatic heterocycles. The number of carbonyl (C=O) groups is 1. The van der Waals surface area contributed by atoms with Crippen molar-refractivity contribution in [3.05, 3.63) is 59.4 Å². The summed E-state index contributed by atoms with van der Waals surface area (Å²) in [5.41, 5.74) is 6.70. The van der Waals surface area contributed by atoms with Crippen molar-refractivity contribution < 1.29 is 4.79 Å². The average molecular weight is 326 g/mol. The molecule has 0 unspecified atom stereocenters. The number of amides is 1. The van der Waals surface area contributed by atoms with Gasteiger partial charge in [-0.15, -0.1) is 0 Å². The number of aromatic nitrogens is 1. The molecule has 0 saturated heterocycles. The molecule has 5 nitrogen and oxygen atoms in total. The molecule has 2 aromatic rings. The van der Waals surface area contributed by atoms with E-state index in [4.69, 9.17) is 5.84 Å². The number of hydrazine groups is 1. The van der Waals surface area contributed by atoms with Crippen LogP contribution in [0.3, 0.4) is 0 Å². The summed E-state index contributed by atoms with van der Waals surface area (Å²) in [5, 5.41) is 0. The number of nitrogens with one attached hydrogen (secondary N) is 1. The number of nitrogens with two attached hydrogens (primary N) is 1. The zero-order valence-electron chi connectivity index (χ0n) is 14.5. The van der Waals surface area contributed by atoms with E-state index in [1.807, 2.05) is 24.4 Å². The van der Waals surface area contributed by atoms with Crippen molar-refractivity contribution in [2.24, 2.45) is 5.84 Å². The van der Waals surface area contributed by atoms with Crippen LogP contribution in [0.5, 0.6) is 0 Å². The lowest BCUT2D eigenvalue weighted by Crippen LogP contribution is -2.31. The topological polar surface area (TPSA) is 71.2 Å². The van der Waals surface area contributed by atoms with Gasteiger partial charge in [0.05, 0.1) is 17.8 Å². The van der Waals surface area contributed by atoms with Gasteiger partial charge in [-0.25, -0.2) is 5.84 Å². The first kappa shape index (κ1) is 17.9. The van der Waals surface area contributed by atoms with E-state index in [1.54, 1.807) is 0 Å². The molecule has 1 heterocycles. The largest absolute Gasteiger partial charge is 0.371 e. The molecule has 128 valence electrons. The van der Waals surface area contributed by atoms with E-state index >= 15 is 0 Å². The first-order chi connectivity index (χ1) is 11.7. The van der Waals surface area contributed by atoms with Gasteiger partial charge in [0.15, 0.2) is 0 Å². The van der Waals surface area contributed by atoms with Crippen LogP contribution >= 0.6 is 0 Å². The smallest absolute Gasteiger partial charge is 0.238 e. The number of carbonyl (C=O) groups excluding carboxylic acids is 1. The van der Waals surface area contributed by atoms with Gasteiger partial charge >= 0.3 is 0 Å². The summed E-state index contributed by atoms with van der Waals surface area (Å²) in [7, 11) is 0. The molecule has 2 rings (SSSR count). The van der Waals surface area contributed by atoms with E-state index in [0.29, 0.717) is 6.42 Å². The molecule has 24 heavy (non-hydrogen) atoms. The SMILES string of the molecule is CCN(CC)c1cccnc1CCc1ccc(CC(=O)NN)cc1. The van der Waals surface area contributed by atoms with Crippen molar-refractivity contribution in [3.63, 3.8) is 0 Å². The number of aryl methyl sites for hydroxylation is 2. The van der Waals surface area contributed by atoms with Crippen LogP contribution in [0.2, 0.25) is 0 Å². The Morgan fingerprint density at radius 1 is 1.08 bits per heavy atom. The number of hydrogen-bond acceptors (Lipinski definition) is 4. The quantitative estimate of drug-likeness (QED) is 0.443. The highest BCUT2D eigenvalue weighted by Gasteiger charge is 2.09. The van der Waals surface area contributed by atoms with Crippen molar-refractivity contribution in [2.45, 2.75) is 33.1 Å². The maximum absolute atomic E-state index is 11.3. The summed E-state index contributed by atoms with van der Waals surface area (Å²) in [5.74, 6) is 4.93. The molecule has 0 aliphatic heterocycles. The van der Waals surface area contributed by atoms with Gasteiger partial charge in [0.1, 0.15) is 0 Å². The molecule has 3 N–H and O–H groups in total. The lowest BCUT2D eigenvalue weighted by Gasteiger charge is -2.23. The Hall–Kier alpha value is -2.40. The lowest BCUT2D eigenvalue weighted by atomic mass is 10.0. The first-order valence-corrected chi connectivity index (χ1v) is 8.44. The van der Waals surface area contributed by atoms with E-state index in [2.05, 4.69) is 47.4 Å². The molecule has 0 bridgehead atoms. The second-order valence-corrected chi connectivity index (χ2v) is 5.70. The Bertz CT molecular complexity index is 651. The summed E-state index contributed by atoms with van der Waals surface area (Å²) in [4.78, 5) is 18.2. The van der Waals surface area contributed by atoms with Gasteiger partial charge in [0, 0.05) is 19.3 Å². The van der Waals surface area contributed by atoms with Crippen LogP contribution in [0.25, 0.3) is 0 Å². The van der Waals surface area contributed by atoms with Crippen molar-refractivity contribution >= 4 is 11.6 Å². The molecule has 0 aliphatic carbocycles. The second-order valence-electron chi connectivity index (χ2n) is 5.70. The van der Waals surface area contributed by atoms with Crippen LogP contribution in [0.4, 0.5) is 5.69 Å². The Morgan fingerprint density at radius 3 is 2.38 bits per heavy atom. The fraction of sp³-hybridized carbons (Fsp3) is 0.368. The minimum Gasteiger partial charge on any atom is -0.371 e. The maximum Gasteiger partial charge on any atom is 0.238 e. The third-order valence-corrected chi connectivity index (χ3v) is 4.17. The van der Waals surface area contributed by atoms with Gasteiger partial charge in [-0.3, -0.25) is 15.2 Å². The highest BCUT2D eigenvalue weighted by atomic mass is 16.2. The summed E-state index contributed by atoms with van der Waals surface area (Å²) >= 11 is 0. The molecule has 0 fully saturated rings. The van der Waals surface area contributed by atoms with Gasteiger partial charge in [-0.2, -0.15) is 0 Å². The van der Waals surface area contributed by atoms with Crippen LogP contribution in [-0.4, -0.2) is 24.0 Å². The van der Waals surface area contributed by atoms with E-state index in [1.165, 1.54) is 11.3 Å². The maximum atomic E-state index is 11.3. The number of hydrogen-bond donors (Lipinski definition) is 2. The van der Waals surface area contributed by atoms with Crippen molar-refractivity contribution in [1.82, 2.24) is 10.4 Å². The van der Waals surface area contributed by atoms with Crippen LogP contribution in [0.15, 0.2) is 42.6 Å². The molecule has 0 atom stereocenters. The monoisotopic (exact) mass is 326 g/mol. The number of pyridine rings is 1. The fourth-order valence-electron chi connectivity index (χ4n) is 2.80. The van der Waals surface area contributed by atoms with Gasteiger partial charge in [-0.1, -0.05) is 24.3 Å². The highest BCUT2D eigenvalue weighted by molar-refractivity contribution is 5.77. The first-order valence-electron chi connectivity index (χ1n) is 8.44. The van der Waals surface area contributed by atoms with Crippen molar-refractivity contribution in [2.75, 3.05) is 18.0 Å². The zero-order valence-corrected chi connectivity index (χ0v) is 14.5. The lowest BCUT2D eigenvalue weighted by molar-refractivity contribution is -0.120. The molecule has 5 heteroatoms. The Kier molecular flexibility index (Phi) is 6.75. The molecule has 0 radical (unpaired) electrons. The molecule has 0 spiro atoms. The van der Waals surface area contributed by atoms with E-state index in [9.17, 15) is 4.79 Å². The minimum atomic E-state index is -0.180. The third kappa shape index (κ3) is 4.80. The standard InChI is InChI=1S/C19H26N4O/c1-3-23(4-2)18-6-5-13-21-17(18)12-11-15-7-9-16(10-8-15)14-19(24)22-20/h5-10,13H,3-4,11-12,14,20H2,1-2H3,(H,22,24). The van der Waals surface area contributed by atoms with Crippen LogP contribution in [0, 0.1) is 0 Å². The summed E-state index contributed by atoms with van der Waals surface area (Å²) in [6.07, 6.45) is 3.99. The summed E-state index contributed by atoms with van der Waals surface area (Å²) in [6.45, 7) is 6.28. The number of benzene rings is 1. The molecule has 1 amide bonds. The Balaban J connectivity index is 2.02. The predicted molar refractivity (Wildman–Crippen MR) is 97.7 cm³/mol.